The van der Waals surface area contributed by atoms with Crippen molar-refractivity contribution in [3.8, 4) is 29.1 Å². The first-order chi connectivity index (χ1) is 16.4. The number of phenols is 1. The largest absolute Gasteiger partial charge is 0.507 e. The molecule has 0 aliphatic heterocycles. The van der Waals surface area contributed by atoms with Crippen LogP contribution in [0, 0.1) is 22.7 Å². The van der Waals surface area contributed by atoms with Crippen molar-refractivity contribution in [2.45, 2.75) is 6.54 Å². The molecule has 0 saturated heterocycles. The summed E-state index contributed by atoms with van der Waals surface area (Å²) < 4.78 is 1.58. The van der Waals surface area contributed by atoms with Crippen LogP contribution in [0.25, 0.3) is 22.3 Å². The second kappa shape index (κ2) is 9.10. The molecule has 1 amide bonds. The molecule has 10 nitrogen and oxygen atoms in total. The highest BCUT2D eigenvalue weighted by atomic mass is 16.3. The molecule has 2 heterocycles. The monoisotopic (exact) mass is 450 g/mol. The van der Waals surface area contributed by atoms with Gasteiger partial charge in [0.25, 0.3) is 5.91 Å². The molecular weight excluding hydrogens is 432 g/mol. The highest BCUT2D eigenvalue weighted by molar-refractivity contribution is 6.07. The lowest BCUT2D eigenvalue weighted by molar-refractivity contribution is -0.114. The molecule has 4 rings (SSSR count). The van der Waals surface area contributed by atoms with Crippen molar-refractivity contribution in [1.82, 2.24) is 19.7 Å². The van der Waals surface area contributed by atoms with Gasteiger partial charge in [-0.25, -0.2) is 14.6 Å². The molecule has 0 unspecified atom stereocenters. The lowest BCUT2D eigenvalue weighted by Crippen LogP contribution is -2.34. The van der Waals surface area contributed by atoms with Gasteiger partial charge in [0.15, 0.2) is 5.65 Å². The first-order valence-electron chi connectivity index (χ1n) is 10.1. The molecule has 10 heteroatoms. The third-order valence-electron chi connectivity index (χ3n) is 5.19. The van der Waals surface area contributed by atoms with Gasteiger partial charge in [-0.1, -0.05) is 24.8 Å². The molecular formula is C24H18N8O2. The third-order valence-corrected chi connectivity index (χ3v) is 5.19. The summed E-state index contributed by atoms with van der Waals surface area (Å²) in [5.74, 6) is -0.461. The molecule has 2 aromatic heterocycles. The average Bonchev–Trinajstić information content (AvgIpc) is 3.24. The van der Waals surface area contributed by atoms with E-state index in [0.29, 0.717) is 28.0 Å². The molecule has 0 radical (unpaired) electrons. The molecule has 166 valence electrons. The lowest BCUT2D eigenvalue weighted by atomic mass is 10.1. The maximum absolute atomic E-state index is 12.8. The predicted octanol–water partition coefficient (Wildman–Crippen LogP) is 2.77. The highest BCUT2D eigenvalue weighted by Gasteiger charge is 2.22. The van der Waals surface area contributed by atoms with Crippen LogP contribution in [0.3, 0.4) is 0 Å². The Hall–Kier alpha value is -5.22. The number of hydrogen-bond acceptors (Lipinski definition) is 8. The van der Waals surface area contributed by atoms with Crippen molar-refractivity contribution in [3.63, 3.8) is 0 Å². The molecule has 34 heavy (non-hydrogen) atoms. The summed E-state index contributed by atoms with van der Waals surface area (Å²) in [6.07, 6.45) is 1.31. The van der Waals surface area contributed by atoms with Crippen molar-refractivity contribution in [1.29, 1.82) is 10.5 Å². The zero-order chi connectivity index (χ0) is 24.2. The Morgan fingerprint density at radius 2 is 1.94 bits per heavy atom. The van der Waals surface area contributed by atoms with Gasteiger partial charge in [0, 0.05) is 17.8 Å². The summed E-state index contributed by atoms with van der Waals surface area (Å²) in [6.45, 7) is 3.93. The zero-order valence-corrected chi connectivity index (χ0v) is 17.9. The molecule has 4 aromatic rings. The molecule has 0 saturated carbocycles. The van der Waals surface area contributed by atoms with E-state index in [-0.39, 0.29) is 35.8 Å². The van der Waals surface area contributed by atoms with Gasteiger partial charge in [-0.05, 0) is 30.3 Å². The quantitative estimate of drug-likeness (QED) is 0.335. The van der Waals surface area contributed by atoms with Crippen LogP contribution in [0.1, 0.15) is 5.56 Å². The average molecular weight is 450 g/mol. The fourth-order valence-electron chi connectivity index (χ4n) is 3.52. The summed E-state index contributed by atoms with van der Waals surface area (Å²) in [7, 11) is 0. The number of carbonyl (C=O) groups is 1. The minimum Gasteiger partial charge on any atom is -0.507 e. The smallest absolute Gasteiger partial charge is 0.268 e. The van der Waals surface area contributed by atoms with Gasteiger partial charge in [-0.15, -0.1) is 0 Å². The maximum atomic E-state index is 12.8. The molecule has 0 fully saturated rings. The number of rotatable bonds is 6. The number of para-hydroxylation sites is 1. The van der Waals surface area contributed by atoms with Crippen LogP contribution in [0.15, 0.2) is 67.0 Å². The second-order valence-corrected chi connectivity index (χ2v) is 7.26. The molecule has 2 aromatic carbocycles. The summed E-state index contributed by atoms with van der Waals surface area (Å²) in [5, 5.41) is 33.4. The van der Waals surface area contributed by atoms with Crippen LogP contribution >= 0.6 is 0 Å². The van der Waals surface area contributed by atoms with E-state index in [0.717, 1.165) is 0 Å². The standard InChI is InChI=1S/C24H18N8O2/c1-15(12-25)24(34)31(18-5-3-2-4-6-18)9-10-32-23-20(22(27)28-14-29-23)21(30-32)16-7-8-19(33)17(11-16)13-26/h2-8,11,14,33H,1,9-10H2,(H2,27,28,29). The SMILES string of the molecule is C=C(C#N)C(=O)N(CCn1nc(-c2ccc(O)c(C#N)c2)c2c(N)ncnc21)c1ccccc1. The second-order valence-electron chi connectivity index (χ2n) is 7.26. The highest BCUT2D eigenvalue weighted by Crippen LogP contribution is 2.32. The van der Waals surface area contributed by atoms with Gasteiger partial charge >= 0.3 is 0 Å². The van der Waals surface area contributed by atoms with Gasteiger partial charge in [-0.2, -0.15) is 15.6 Å². The molecule has 0 spiro atoms. The topological polar surface area (TPSA) is 158 Å². The number of carbonyl (C=O) groups excluding carboxylic acids is 1. The van der Waals surface area contributed by atoms with Crippen LogP contribution in [0.5, 0.6) is 5.75 Å². The fourth-order valence-corrected chi connectivity index (χ4v) is 3.52. The van der Waals surface area contributed by atoms with E-state index in [4.69, 9.17) is 11.0 Å². The van der Waals surface area contributed by atoms with Gasteiger partial charge in [-0.3, -0.25) is 4.79 Å². The maximum Gasteiger partial charge on any atom is 0.268 e. The number of aromatic hydroxyl groups is 1. The van der Waals surface area contributed by atoms with Crippen molar-refractivity contribution in [2.24, 2.45) is 0 Å². The normalized spacial score (nSPS) is 10.4. The fraction of sp³-hybridized carbons (Fsp3) is 0.0833. The number of benzene rings is 2. The first-order valence-corrected chi connectivity index (χ1v) is 10.1. The number of aromatic nitrogens is 4. The summed E-state index contributed by atoms with van der Waals surface area (Å²) in [4.78, 5) is 22.6. The van der Waals surface area contributed by atoms with Gasteiger partial charge in [0.05, 0.1) is 17.5 Å². The van der Waals surface area contributed by atoms with Crippen molar-refractivity contribution < 1.29 is 9.90 Å². The number of phenolic OH excluding ortho intramolecular Hbond substituents is 1. The van der Waals surface area contributed by atoms with Crippen LogP contribution < -0.4 is 10.6 Å². The Kier molecular flexibility index (Phi) is 5.89. The Morgan fingerprint density at radius 3 is 2.65 bits per heavy atom. The van der Waals surface area contributed by atoms with Crippen LogP contribution in [-0.4, -0.2) is 37.3 Å². The Labute approximate surface area is 194 Å². The number of fused-ring (bicyclic) bond motifs is 1. The molecule has 0 atom stereocenters. The van der Waals surface area contributed by atoms with Gasteiger partial charge in [0.1, 0.15) is 41.3 Å². The number of hydrogen-bond donors (Lipinski definition) is 2. The predicted molar refractivity (Wildman–Crippen MR) is 125 cm³/mol. The number of nitrogen functional groups attached to an aromatic ring is 1. The summed E-state index contributed by atoms with van der Waals surface area (Å²) in [5.41, 5.74) is 8.06. The van der Waals surface area contributed by atoms with E-state index in [9.17, 15) is 15.2 Å². The van der Waals surface area contributed by atoms with Crippen LogP contribution in [0.4, 0.5) is 11.5 Å². The molecule has 0 bridgehead atoms. The van der Waals surface area contributed by atoms with Crippen molar-refractivity contribution >= 4 is 28.4 Å². The Morgan fingerprint density at radius 1 is 1.18 bits per heavy atom. The number of amides is 1. The molecule has 0 aliphatic rings. The molecule has 0 aliphatic carbocycles. The minimum atomic E-state index is -0.517. The number of nitriles is 2. The third kappa shape index (κ3) is 3.99. The first kappa shape index (κ1) is 22.0. The summed E-state index contributed by atoms with van der Waals surface area (Å²) in [6, 6.07) is 17.2. The van der Waals surface area contributed by atoms with E-state index in [1.807, 2.05) is 12.1 Å². The van der Waals surface area contributed by atoms with E-state index in [1.165, 1.54) is 23.4 Å². The van der Waals surface area contributed by atoms with E-state index < -0.39 is 5.91 Å². The number of anilines is 2. The number of nitrogens with two attached hydrogens (primary N) is 1. The minimum absolute atomic E-state index is 0.0893. The number of nitrogens with zero attached hydrogens (tertiary/aromatic N) is 7. The van der Waals surface area contributed by atoms with Gasteiger partial charge in [0.2, 0.25) is 0 Å². The van der Waals surface area contributed by atoms with Crippen molar-refractivity contribution in [3.05, 3.63) is 72.6 Å². The van der Waals surface area contributed by atoms with Crippen LogP contribution in [-0.2, 0) is 11.3 Å². The van der Waals surface area contributed by atoms with Gasteiger partial charge < -0.3 is 15.7 Å². The van der Waals surface area contributed by atoms with Crippen LogP contribution in [0.2, 0.25) is 0 Å². The Balaban J connectivity index is 1.76. The van der Waals surface area contributed by atoms with E-state index in [1.54, 1.807) is 41.1 Å². The lowest BCUT2D eigenvalue weighted by Gasteiger charge is -2.22. The van der Waals surface area contributed by atoms with Crippen molar-refractivity contribution in [2.75, 3.05) is 17.2 Å². The zero-order valence-electron chi connectivity index (χ0n) is 17.9. The molecule has 3 N–H and O–H groups in total. The Bertz CT molecular complexity index is 1500. The van der Waals surface area contributed by atoms with E-state index in [2.05, 4.69) is 21.6 Å². The summed E-state index contributed by atoms with van der Waals surface area (Å²) >= 11 is 0. The van der Waals surface area contributed by atoms with E-state index >= 15 is 0 Å².